The number of nitrogens with zero attached hydrogens (tertiary/aromatic N) is 8. The monoisotopic (exact) mass is 888 g/mol. The summed E-state index contributed by atoms with van der Waals surface area (Å²) in [6, 6.07) is 15.0. The standard InChI is InChI=1S/C45H45FN10O7S/c1-24-19-31(20-25(2)39(24)46)56-40(53-16-15-52(44(53)59)29-7-5-28(6-8-29)51-64(4,60)61)38-34(49-56)21-30-9-11-36(38)54(30)41(57)37-22-33-35(12-10-32(47-33)27-13-17-62-18-14-27)55(37)45(23-26(45)3)42-48-43(58)63-50-42/h5-8,10,12,15-16,19-20,22,26-27,30,36,51H,9,11,13-14,17-18,21,23H2,1-4H3,(H,48,50,58)/t26-,30?,36?,45-/m0/s1. The number of sulfonamides is 1. The van der Waals surface area contributed by atoms with Crippen LogP contribution in [0.2, 0.25) is 0 Å². The van der Waals surface area contributed by atoms with E-state index in [9.17, 15) is 18.0 Å². The van der Waals surface area contributed by atoms with E-state index in [-0.39, 0.29) is 29.6 Å². The summed E-state index contributed by atoms with van der Waals surface area (Å²) < 4.78 is 58.6. The van der Waals surface area contributed by atoms with Gasteiger partial charge in [0.25, 0.3) is 5.91 Å². The summed E-state index contributed by atoms with van der Waals surface area (Å²) in [5.74, 6) is -0.265. The molecule has 2 saturated heterocycles. The minimum Gasteiger partial charge on any atom is -0.381 e. The molecule has 1 saturated carbocycles. The molecule has 3 fully saturated rings. The van der Waals surface area contributed by atoms with Crippen molar-refractivity contribution in [1.82, 2.24) is 43.5 Å². The number of hydrogen-bond acceptors (Lipinski definition) is 10. The summed E-state index contributed by atoms with van der Waals surface area (Å²) in [4.78, 5) is 52.6. The molecule has 0 radical (unpaired) electrons. The van der Waals surface area contributed by atoms with Crippen molar-refractivity contribution in [2.45, 2.75) is 82.8 Å². The van der Waals surface area contributed by atoms with Gasteiger partial charge in [-0.15, -0.1) is 0 Å². The van der Waals surface area contributed by atoms with E-state index < -0.39 is 33.0 Å². The largest absolute Gasteiger partial charge is 0.438 e. The molecule has 2 unspecified atom stereocenters. The number of H-pyrrole nitrogens is 1. The van der Waals surface area contributed by atoms with Crippen LogP contribution in [0.3, 0.4) is 0 Å². The topological polar surface area (TPSA) is 197 Å². The molecule has 19 heteroatoms. The summed E-state index contributed by atoms with van der Waals surface area (Å²) in [6.45, 7) is 6.74. The average Bonchev–Trinajstić information content (AvgIpc) is 3.87. The van der Waals surface area contributed by atoms with Gasteiger partial charge in [0.2, 0.25) is 10.0 Å². The van der Waals surface area contributed by atoms with Crippen LogP contribution in [0.5, 0.6) is 0 Å². The highest BCUT2D eigenvalue weighted by molar-refractivity contribution is 7.92. The number of carbonyl (C=O) groups is 1. The summed E-state index contributed by atoms with van der Waals surface area (Å²) >= 11 is 0. The molecule has 8 heterocycles. The van der Waals surface area contributed by atoms with Crippen LogP contribution in [0.4, 0.5) is 10.1 Å². The van der Waals surface area contributed by atoms with E-state index in [0.29, 0.717) is 95.5 Å². The normalized spacial score (nSPS) is 22.0. The van der Waals surface area contributed by atoms with Crippen molar-refractivity contribution in [2.24, 2.45) is 5.92 Å². The van der Waals surface area contributed by atoms with Crippen LogP contribution in [0, 0.1) is 25.6 Å². The van der Waals surface area contributed by atoms with Gasteiger partial charge in [-0.1, -0.05) is 12.1 Å². The highest BCUT2D eigenvalue weighted by atomic mass is 32.2. The molecule has 3 aliphatic heterocycles. The van der Waals surface area contributed by atoms with E-state index in [4.69, 9.17) is 19.3 Å². The Hall–Kier alpha value is -6.60. The Balaban J connectivity index is 1.06. The van der Waals surface area contributed by atoms with E-state index >= 15 is 9.18 Å². The molecule has 2 bridgehead atoms. The third kappa shape index (κ3) is 6.29. The third-order valence-electron chi connectivity index (χ3n) is 13.7. The quantitative estimate of drug-likeness (QED) is 0.186. The molecule has 330 valence electrons. The van der Waals surface area contributed by atoms with Crippen LogP contribution in [-0.2, 0) is 26.7 Å². The Morgan fingerprint density at radius 3 is 2.34 bits per heavy atom. The smallest absolute Gasteiger partial charge is 0.381 e. The Morgan fingerprint density at radius 2 is 1.67 bits per heavy atom. The van der Waals surface area contributed by atoms with E-state index in [1.807, 2.05) is 27.7 Å². The first-order valence-electron chi connectivity index (χ1n) is 21.5. The number of halogens is 1. The number of aromatic amines is 1. The molecule has 1 aliphatic carbocycles. The average molecular weight is 889 g/mol. The number of aromatic nitrogens is 8. The highest BCUT2D eigenvalue weighted by Crippen LogP contribution is 2.56. The van der Waals surface area contributed by atoms with Crippen molar-refractivity contribution < 1.29 is 26.9 Å². The second-order valence-electron chi connectivity index (χ2n) is 17.8. The number of ether oxygens (including phenoxy) is 1. The number of hydrogen-bond donors (Lipinski definition) is 2. The number of nitrogens with one attached hydrogen (secondary N) is 2. The van der Waals surface area contributed by atoms with E-state index in [1.54, 1.807) is 67.3 Å². The van der Waals surface area contributed by atoms with Crippen LogP contribution in [-0.4, -0.2) is 83.3 Å². The van der Waals surface area contributed by atoms with E-state index in [1.165, 1.54) is 9.13 Å². The van der Waals surface area contributed by atoms with Crippen molar-refractivity contribution in [3.05, 3.63) is 133 Å². The SMILES string of the molecule is Cc1cc(-n2nc3c(c2-n2ccn(-c4ccc(NS(C)(=O)=O)cc4)c2=O)C2CCC(C3)N2C(=O)c2cc3nc(C4CCOCC4)ccc3n2[C@@]2(c3noc(=O)[nH]3)C[C@@H]2C)cc(C)c1F. The van der Waals surface area contributed by atoms with Crippen LogP contribution >= 0.6 is 0 Å². The fourth-order valence-electron chi connectivity index (χ4n) is 10.6. The molecule has 1 amide bonds. The summed E-state index contributed by atoms with van der Waals surface area (Å²) in [5, 5.41) is 9.30. The number of carbonyl (C=O) groups excluding carboxylic acids is 1. The second kappa shape index (κ2) is 14.5. The molecule has 17 nitrogen and oxygen atoms in total. The number of benzene rings is 2. The van der Waals surface area contributed by atoms with Gasteiger partial charge in [0.1, 0.15) is 22.9 Å². The maximum atomic E-state index is 15.6. The lowest BCUT2D eigenvalue weighted by molar-refractivity contribution is 0.0632. The van der Waals surface area contributed by atoms with Gasteiger partial charge in [-0.2, -0.15) is 5.10 Å². The minimum absolute atomic E-state index is 0.00855. The van der Waals surface area contributed by atoms with Gasteiger partial charge in [-0.3, -0.25) is 33.1 Å². The second-order valence-corrected chi connectivity index (χ2v) is 19.5. The molecule has 11 rings (SSSR count). The third-order valence-corrected chi connectivity index (χ3v) is 14.3. The zero-order valence-corrected chi connectivity index (χ0v) is 36.4. The Kier molecular flexibility index (Phi) is 9.08. The maximum Gasteiger partial charge on any atom is 0.438 e. The summed E-state index contributed by atoms with van der Waals surface area (Å²) in [7, 11) is -3.52. The minimum atomic E-state index is -3.52. The number of rotatable bonds is 9. The zero-order chi connectivity index (χ0) is 44.4. The van der Waals surface area contributed by atoms with Gasteiger partial charge >= 0.3 is 11.4 Å². The molecule has 4 aliphatic rings. The Labute approximate surface area is 365 Å². The Morgan fingerprint density at radius 1 is 0.953 bits per heavy atom. The zero-order valence-electron chi connectivity index (χ0n) is 35.5. The molecular weight excluding hydrogens is 844 g/mol. The molecule has 2 aromatic carbocycles. The van der Waals surface area contributed by atoms with Gasteiger partial charge in [0.05, 0.1) is 40.4 Å². The number of aryl methyl sites for hydroxylation is 2. The van der Waals surface area contributed by atoms with Crippen LogP contribution < -0.4 is 16.2 Å². The molecule has 7 aromatic rings. The first-order valence-corrected chi connectivity index (χ1v) is 23.4. The van der Waals surface area contributed by atoms with E-state index in [0.717, 1.165) is 36.0 Å². The number of imidazole rings is 1. The van der Waals surface area contributed by atoms with Crippen molar-refractivity contribution in [1.29, 1.82) is 0 Å². The lowest BCUT2D eigenvalue weighted by atomic mass is 9.96. The molecular formula is C45H45FN10O7S. The number of amides is 1. The number of fused-ring (bicyclic) bond motifs is 5. The fraction of sp³-hybridized carbons (Fsp3) is 0.378. The molecule has 4 atom stereocenters. The molecule has 5 aromatic heterocycles. The summed E-state index contributed by atoms with van der Waals surface area (Å²) in [6.07, 6.45) is 8.32. The van der Waals surface area contributed by atoms with Crippen LogP contribution in [0.1, 0.15) is 95.4 Å². The van der Waals surface area contributed by atoms with Crippen molar-refractivity contribution in [3.63, 3.8) is 0 Å². The van der Waals surface area contributed by atoms with Crippen molar-refractivity contribution in [3.8, 4) is 17.2 Å². The predicted octanol–water partition coefficient (Wildman–Crippen LogP) is 5.55. The number of anilines is 1. The lowest BCUT2D eigenvalue weighted by Gasteiger charge is -2.35. The summed E-state index contributed by atoms with van der Waals surface area (Å²) in [5.41, 5.74) is 5.10. The van der Waals surface area contributed by atoms with Gasteiger partial charge in [-0.25, -0.2) is 27.1 Å². The highest BCUT2D eigenvalue weighted by Gasteiger charge is 2.60. The van der Waals surface area contributed by atoms with Gasteiger partial charge in [0.15, 0.2) is 5.82 Å². The first kappa shape index (κ1) is 40.2. The fourth-order valence-corrected chi connectivity index (χ4v) is 11.1. The van der Waals surface area contributed by atoms with Crippen molar-refractivity contribution in [2.75, 3.05) is 24.2 Å². The molecule has 0 spiro atoms. The van der Waals surface area contributed by atoms with Gasteiger partial charge in [-0.05, 0) is 118 Å². The first-order chi connectivity index (χ1) is 30.7. The predicted molar refractivity (Wildman–Crippen MR) is 233 cm³/mol. The van der Waals surface area contributed by atoms with Crippen LogP contribution in [0.25, 0.3) is 28.2 Å². The maximum absolute atomic E-state index is 15.6. The van der Waals surface area contributed by atoms with Gasteiger partial charge < -0.3 is 14.2 Å². The van der Waals surface area contributed by atoms with Crippen LogP contribution in [0.15, 0.2) is 81.1 Å². The number of pyridine rings is 1. The lowest BCUT2D eigenvalue weighted by Crippen LogP contribution is -2.43. The Bertz CT molecular complexity index is 3260. The molecule has 64 heavy (non-hydrogen) atoms. The molecule has 2 N–H and O–H groups in total. The van der Waals surface area contributed by atoms with E-state index in [2.05, 4.69) is 21.8 Å². The van der Waals surface area contributed by atoms with Crippen molar-refractivity contribution >= 4 is 32.7 Å². The van der Waals surface area contributed by atoms with Gasteiger partial charge in [0, 0.05) is 60.9 Å².